The molecule has 0 saturated carbocycles. The topological polar surface area (TPSA) is 17.8 Å². The molecule has 3 rings (SSSR count). The molecule has 2 heterocycles. The largest absolute Gasteiger partial charge is 0.292 e. The van der Waals surface area contributed by atoms with Crippen molar-refractivity contribution in [3.05, 3.63) is 71.5 Å². The summed E-state index contributed by atoms with van der Waals surface area (Å²) in [5.41, 5.74) is 2.64. The van der Waals surface area contributed by atoms with Crippen molar-refractivity contribution in [2.75, 3.05) is 5.75 Å². The predicted octanol–water partition coefficient (Wildman–Crippen LogP) is 5.07. The van der Waals surface area contributed by atoms with Crippen LogP contribution in [-0.4, -0.2) is 14.7 Å². The second-order valence-electron chi connectivity index (χ2n) is 5.86. The first-order valence-corrected chi connectivity index (χ1v) is 9.33. The Morgan fingerprint density at radius 2 is 2.00 bits per heavy atom. The van der Waals surface area contributed by atoms with Crippen molar-refractivity contribution in [3.63, 3.8) is 0 Å². The van der Waals surface area contributed by atoms with Crippen LogP contribution in [0, 0.1) is 5.92 Å². The first-order valence-electron chi connectivity index (χ1n) is 7.44. The highest BCUT2D eigenvalue weighted by molar-refractivity contribution is 8.37. The normalized spacial score (nSPS) is 24.0. The van der Waals surface area contributed by atoms with E-state index >= 15 is 0 Å². The van der Waals surface area contributed by atoms with Crippen LogP contribution in [0.3, 0.4) is 0 Å². The molecular formula is C18H22N2S. The van der Waals surface area contributed by atoms with Crippen LogP contribution >= 0.6 is 10.2 Å². The molecule has 1 atom stereocenters. The number of benzene rings is 1. The van der Waals surface area contributed by atoms with Crippen molar-refractivity contribution in [1.82, 2.24) is 8.96 Å². The van der Waals surface area contributed by atoms with Gasteiger partial charge in [-0.3, -0.25) is 3.97 Å². The zero-order chi connectivity index (χ0) is 14.7. The van der Waals surface area contributed by atoms with Gasteiger partial charge >= 0.3 is 0 Å². The Kier molecular flexibility index (Phi) is 4.02. The molecule has 0 bridgehead atoms. The smallest absolute Gasteiger partial charge is 0.104 e. The Bertz CT molecular complexity index is 641. The van der Waals surface area contributed by atoms with E-state index in [9.17, 15) is 0 Å². The number of hydrogen-bond acceptors (Lipinski definition) is 1. The van der Waals surface area contributed by atoms with Crippen molar-refractivity contribution in [1.29, 1.82) is 0 Å². The molecule has 1 aliphatic heterocycles. The minimum atomic E-state index is -1.08. The minimum absolute atomic E-state index is 0.723. The Balaban J connectivity index is 1.95. The lowest BCUT2D eigenvalue weighted by Crippen LogP contribution is -2.09. The molecule has 3 heteroatoms. The van der Waals surface area contributed by atoms with Crippen LogP contribution in [0.5, 0.6) is 0 Å². The first-order chi connectivity index (χ1) is 10.2. The highest BCUT2D eigenvalue weighted by Gasteiger charge is 2.25. The van der Waals surface area contributed by atoms with Gasteiger partial charge in [0, 0.05) is 18.1 Å². The zero-order valence-electron chi connectivity index (χ0n) is 12.6. The van der Waals surface area contributed by atoms with E-state index in [-0.39, 0.29) is 0 Å². The lowest BCUT2D eigenvalue weighted by atomic mass is 10.1. The molecule has 0 spiro atoms. The molecule has 110 valence electrons. The van der Waals surface area contributed by atoms with Gasteiger partial charge in [-0.1, -0.05) is 44.2 Å². The Morgan fingerprint density at radius 1 is 1.19 bits per heavy atom. The highest BCUT2D eigenvalue weighted by atomic mass is 32.3. The maximum absolute atomic E-state index is 4.26. The summed E-state index contributed by atoms with van der Waals surface area (Å²) in [5.74, 6) is 1.91. The SMILES string of the molecule is CC(C)CCS1(n2ccnc2)C=CC(c2ccccc2)=C1. The standard InChI is InChI=1S/C18H22N2S/c1-16(2)8-12-21(20-11-10-19-15-20)13-9-18(14-21)17-6-4-3-5-7-17/h3-7,9-11,13-16H,8,12H2,1-2H3. The van der Waals surface area contributed by atoms with Gasteiger partial charge in [0.15, 0.2) is 0 Å². The zero-order valence-corrected chi connectivity index (χ0v) is 13.5. The Labute approximate surface area is 128 Å². The second-order valence-corrected chi connectivity index (χ2v) is 8.82. The molecular weight excluding hydrogens is 276 g/mol. The van der Waals surface area contributed by atoms with Gasteiger partial charge in [0.25, 0.3) is 0 Å². The molecule has 0 amide bonds. The summed E-state index contributed by atoms with van der Waals surface area (Å²) in [6.07, 6.45) is 9.46. The molecule has 2 nitrogen and oxygen atoms in total. The monoisotopic (exact) mass is 298 g/mol. The van der Waals surface area contributed by atoms with Gasteiger partial charge in [-0.25, -0.2) is 4.98 Å². The fourth-order valence-electron chi connectivity index (χ4n) is 2.52. The summed E-state index contributed by atoms with van der Waals surface area (Å²) < 4.78 is 2.31. The van der Waals surface area contributed by atoms with Crippen molar-refractivity contribution in [2.24, 2.45) is 5.92 Å². The average Bonchev–Trinajstić information content (AvgIpc) is 3.16. The summed E-state index contributed by atoms with van der Waals surface area (Å²) in [7, 11) is -1.08. The van der Waals surface area contributed by atoms with Crippen LogP contribution < -0.4 is 0 Å². The number of rotatable bonds is 5. The van der Waals surface area contributed by atoms with E-state index < -0.39 is 10.2 Å². The maximum Gasteiger partial charge on any atom is 0.104 e. The Morgan fingerprint density at radius 3 is 2.67 bits per heavy atom. The van der Waals surface area contributed by atoms with Crippen molar-refractivity contribution in [3.8, 4) is 0 Å². The van der Waals surface area contributed by atoms with Crippen molar-refractivity contribution in [2.45, 2.75) is 20.3 Å². The average molecular weight is 298 g/mol. The van der Waals surface area contributed by atoms with Gasteiger partial charge in [0.2, 0.25) is 0 Å². The van der Waals surface area contributed by atoms with Gasteiger partial charge in [0.1, 0.15) is 6.33 Å². The van der Waals surface area contributed by atoms with E-state index in [0.717, 1.165) is 5.92 Å². The molecule has 0 radical (unpaired) electrons. The van der Waals surface area contributed by atoms with Crippen molar-refractivity contribution < 1.29 is 0 Å². The van der Waals surface area contributed by atoms with E-state index in [1.54, 1.807) is 0 Å². The number of aromatic nitrogens is 2. The van der Waals surface area contributed by atoms with E-state index in [4.69, 9.17) is 0 Å². The summed E-state index contributed by atoms with van der Waals surface area (Å²) in [6, 6.07) is 10.6. The van der Waals surface area contributed by atoms with Crippen LogP contribution in [0.2, 0.25) is 0 Å². The van der Waals surface area contributed by atoms with E-state index in [1.807, 2.05) is 12.5 Å². The van der Waals surface area contributed by atoms with E-state index in [0.29, 0.717) is 0 Å². The van der Waals surface area contributed by atoms with Crippen molar-refractivity contribution >= 4 is 15.8 Å². The molecule has 0 fully saturated rings. The molecule has 0 aliphatic carbocycles. The summed E-state index contributed by atoms with van der Waals surface area (Å²) in [4.78, 5) is 4.26. The van der Waals surface area contributed by atoms with E-state index in [2.05, 4.69) is 76.2 Å². The lowest BCUT2D eigenvalue weighted by molar-refractivity contribution is 0.630. The number of nitrogens with zero attached hydrogens (tertiary/aromatic N) is 2. The third kappa shape index (κ3) is 2.98. The fraction of sp³-hybridized carbons (Fsp3) is 0.278. The Hall–Kier alpha value is -1.74. The number of allylic oxidation sites excluding steroid dienone is 2. The van der Waals surface area contributed by atoms with Gasteiger partial charge in [-0.2, -0.15) is 0 Å². The quantitative estimate of drug-likeness (QED) is 0.754. The fourth-order valence-corrected chi connectivity index (χ4v) is 5.72. The third-order valence-corrected chi connectivity index (χ3v) is 6.98. The van der Waals surface area contributed by atoms with E-state index in [1.165, 1.54) is 23.3 Å². The molecule has 1 unspecified atom stereocenters. The van der Waals surface area contributed by atoms with Gasteiger partial charge in [-0.05, 0) is 40.4 Å². The molecule has 1 aromatic carbocycles. The number of imidazole rings is 1. The summed E-state index contributed by atoms with van der Waals surface area (Å²) in [6.45, 7) is 4.59. The molecule has 0 N–H and O–H groups in total. The van der Waals surface area contributed by atoms with Crippen LogP contribution in [0.4, 0.5) is 0 Å². The maximum atomic E-state index is 4.26. The van der Waals surface area contributed by atoms with Crippen LogP contribution in [0.15, 0.2) is 65.9 Å². The minimum Gasteiger partial charge on any atom is -0.292 e. The highest BCUT2D eigenvalue weighted by Crippen LogP contribution is 2.58. The molecule has 1 aromatic heterocycles. The van der Waals surface area contributed by atoms with Crippen LogP contribution in [0.25, 0.3) is 5.57 Å². The van der Waals surface area contributed by atoms with Crippen LogP contribution in [0.1, 0.15) is 25.8 Å². The molecule has 0 saturated heterocycles. The van der Waals surface area contributed by atoms with Gasteiger partial charge < -0.3 is 0 Å². The molecule has 21 heavy (non-hydrogen) atoms. The number of hydrogen-bond donors (Lipinski definition) is 0. The summed E-state index contributed by atoms with van der Waals surface area (Å²) in [5, 5.41) is 4.87. The van der Waals surface area contributed by atoms with Crippen LogP contribution in [-0.2, 0) is 0 Å². The summed E-state index contributed by atoms with van der Waals surface area (Å²) >= 11 is 0. The molecule has 2 aromatic rings. The first kappa shape index (κ1) is 14.2. The van der Waals surface area contributed by atoms with Gasteiger partial charge in [-0.15, -0.1) is 10.2 Å². The van der Waals surface area contributed by atoms with Gasteiger partial charge in [0.05, 0.1) is 0 Å². The molecule has 1 aliphatic rings. The lowest BCUT2D eigenvalue weighted by Gasteiger charge is -2.33. The predicted molar refractivity (Wildman–Crippen MR) is 93.1 cm³/mol. The third-order valence-electron chi connectivity index (χ3n) is 3.82. The second kappa shape index (κ2) is 5.94.